The molecular formula is C19H16N6O. The van der Waals surface area contributed by atoms with Gasteiger partial charge in [0.2, 0.25) is 5.91 Å². The van der Waals surface area contributed by atoms with Crippen LogP contribution in [-0.4, -0.2) is 26.1 Å². The summed E-state index contributed by atoms with van der Waals surface area (Å²) in [7, 11) is 0. The molecule has 4 rings (SSSR count). The Morgan fingerprint density at radius 1 is 1.04 bits per heavy atom. The largest absolute Gasteiger partial charge is 0.382 e. The van der Waals surface area contributed by atoms with Crippen molar-refractivity contribution in [2.45, 2.75) is 6.92 Å². The molecule has 128 valence electrons. The van der Waals surface area contributed by atoms with E-state index in [0.29, 0.717) is 11.6 Å². The number of fused-ring (bicyclic) bond motifs is 1. The molecule has 4 aromatic rings. The number of carbonyl (C=O) groups is 1. The first-order valence-electron chi connectivity index (χ1n) is 8.04. The van der Waals surface area contributed by atoms with Crippen LogP contribution in [0.25, 0.3) is 33.2 Å². The van der Waals surface area contributed by atoms with E-state index in [1.54, 1.807) is 18.6 Å². The van der Waals surface area contributed by atoms with Gasteiger partial charge in [0, 0.05) is 36.5 Å². The minimum absolute atomic E-state index is 0.165. The van der Waals surface area contributed by atoms with Gasteiger partial charge in [0.25, 0.3) is 0 Å². The zero-order valence-corrected chi connectivity index (χ0v) is 14.0. The number of hydrogen-bond acceptors (Lipinski definition) is 5. The summed E-state index contributed by atoms with van der Waals surface area (Å²) in [6.07, 6.45) is 5.15. The smallest absolute Gasteiger partial charge is 0.222 e. The number of H-pyrrole nitrogens is 1. The second-order valence-electron chi connectivity index (χ2n) is 5.90. The molecule has 26 heavy (non-hydrogen) atoms. The molecule has 0 unspecified atom stereocenters. The number of hydrogen-bond donors (Lipinski definition) is 3. The monoisotopic (exact) mass is 344 g/mol. The third kappa shape index (κ3) is 2.86. The van der Waals surface area contributed by atoms with Crippen LogP contribution in [0.15, 0.2) is 55.0 Å². The van der Waals surface area contributed by atoms with Gasteiger partial charge in [0.1, 0.15) is 5.82 Å². The number of amides is 1. The number of nitrogens with two attached hydrogens (primary N) is 1. The summed E-state index contributed by atoms with van der Waals surface area (Å²) in [5.41, 5.74) is 10.8. The molecule has 7 nitrogen and oxygen atoms in total. The second-order valence-corrected chi connectivity index (χ2v) is 5.90. The van der Waals surface area contributed by atoms with Crippen molar-refractivity contribution in [3.63, 3.8) is 0 Å². The van der Waals surface area contributed by atoms with Crippen LogP contribution in [0.5, 0.6) is 0 Å². The molecule has 3 aromatic heterocycles. The lowest BCUT2D eigenvalue weighted by molar-refractivity contribution is -0.114. The molecule has 1 amide bonds. The van der Waals surface area contributed by atoms with Crippen molar-refractivity contribution >= 4 is 28.4 Å². The van der Waals surface area contributed by atoms with Gasteiger partial charge < -0.3 is 11.1 Å². The molecule has 0 saturated heterocycles. The highest BCUT2D eigenvalue weighted by atomic mass is 16.1. The number of nitrogens with one attached hydrogen (secondary N) is 2. The fraction of sp³-hybridized carbons (Fsp3) is 0.0526. The van der Waals surface area contributed by atoms with Crippen LogP contribution < -0.4 is 11.1 Å². The number of pyridine rings is 2. The van der Waals surface area contributed by atoms with Gasteiger partial charge in [0.15, 0.2) is 5.82 Å². The van der Waals surface area contributed by atoms with Gasteiger partial charge in [-0.3, -0.25) is 14.9 Å². The van der Waals surface area contributed by atoms with Crippen LogP contribution in [0.3, 0.4) is 0 Å². The quantitative estimate of drug-likeness (QED) is 0.528. The number of rotatable bonds is 3. The Morgan fingerprint density at radius 2 is 1.81 bits per heavy atom. The predicted molar refractivity (Wildman–Crippen MR) is 101 cm³/mol. The third-order valence-corrected chi connectivity index (χ3v) is 4.09. The lowest BCUT2D eigenvalue weighted by Gasteiger charge is -2.09. The molecule has 0 radical (unpaired) electrons. The van der Waals surface area contributed by atoms with E-state index in [1.165, 1.54) is 6.92 Å². The molecule has 0 atom stereocenters. The normalized spacial score (nSPS) is 10.8. The Labute approximate surface area is 149 Å². The molecule has 0 bridgehead atoms. The number of aromatic amines is 1. The second kappa shape index (κ2) is 6.29. The number of nitrogen functional groups attached to an aromatic ring is 1. The van der Waals surface area contributed by atoms with Crippen molar-refractivity contribution < 1.29 is 4.79 Å². The van der Waals surface area contributed by atoms with E-state index >= 15 is 0 Å². The van der Waals surface area contributed by atoms with Gasteiger partial charge in [-0.05, 0) is 53.1 Å². The van der Waals surface area contributed by atoms with Crippen LogP contribution in [-0.2, 0) is 4.79 Å². The Kier molecular flexibility index (Phi) is 3.81. The Bertz CT molecular complexity index is 1100. The number of nitrogens with zero attached hydrogens (tertiary/aromatic N) is 3. The molecule has 1 aromatic carbocycles. The standard InChI is InChI=1S/C19H16N6O/c1-11(26)23-17-10-13(4-7-22-17)14-8-15(12-2-5-21-6-3-12)18-16(9-14)19(20)25-24-18/h2-10H,1H3,(H3,20,24,25)(H,22,23,26). The van der Waals surface area contributed by atoms with Gasteiger partial charge >= 0.3 is 0 Å². The fourth-order valence-electron chi connectivity index (χ4n) is 2.93. The molecule has 0 aliphatic rings. The molecular weight excluding hydrogens is 328 g/mol. The number of aromatic nitrogens is 4. The Hall–Kier alpha value is -3.74. The Balaban J connectivity index is 1.91. The summed E-state index contributed by atoms with van der Waals surface area (Å²) in [5, 5.41) is 10.7. The highest BCUT2D eigenvalue weighted by Crippen LogP contribution is 2.35. The third-order valence-electron chi connectivity index (χ3n) is 4.09. The van der Waals surface area contributed by atoms with Crippen LogP contribution in [0.1, 0.15) is 6.92 Å². The Morgan fingerprint density at radius 3 is 2.58 bits per heavy atom. The average molecular weight is 344 g/mol. The van der Waals surface area contributed by atoms with Gasteiger partial charge in [0.05, 0.1) is 5.52 Å². The molecule has 7 heteroatoms. The molecule has 0 aliphatic carbocycles. The maximum absolute atomic E-state index is 11.3. The number of carbonyl (C=O) groups excluding carboxylic acids is 1. The van der Waals surface area contributed by atoms with Crippen LogP contribution in [0, 0.1) is 0 Å². The summed E-state index contributed by atoms with van der Waals surface area (Å²) in [6.45, 7) is 1.45. The molecule has 0 saturated carbocycles. The average Bonchev–Trinajstić information content (AvgIpc) is 3.02. The van der Waals surface area contributed by atoms with Crippen molar-refractivity contribution in [2.75, 3.05) is 11.1 Å². The van der Waals surface area contributed by atoms with Crippen LogP contribution >= 0.6 is 0 Å². The molecule has 0 fully saturated rings. The van der Waals surface area contributed by atoms with Gasteiger partial charge in [-0.25, -0.2) is 4.98 Å². The fourth-order valence-corrected chi connectivity index (χ4v) is 2.93. The highest BCUT2D eigenvalue weighted by molar-refractivity contribution is 6.02. The van der Waals surface area contributed by atoms with Gasteiger partial charge in [-0.2, -0.15) is 5.10 Å². The molecule has 4 N–H and O–H groups in total. The first kappa shape index (κ1) is 15.8. The lowest BCUT2D eigenvalue weighted by Crippen LogP contribution is -2.07. The van der Waals surface area contributed by atoms with Crippen molar-refractivity contribution in [2.24, 2.45) is 0 Å². The molecule has 3 heterocycles. The SMILES string of the molecule is CC(=O)Nc1cc(-c2cc(-c3ccncc3)c3[nH]nc(N)c3c2)ccn1. The summed E-state index contributed by atoms with van der Waals surface area (Å²) >= 11 is 0. The molecule has 0 aliphatic heterocycles. The van der Waals surface area contributed by atoms with Crippen molar-refractivity contribution in [3.05, 3.63) is 55.0 Å². The van der Waals surface area contributed by atoms with E-state index < -0.39 is 0 Å². The molecule has 0 spiro atoms. The van der Waals surface area contributed by atoms with Crippen molar-refractivity contribution in [1.29, 1.82) is 0 Å². The first-order valence-corrected chi connectivity index (χ1v) is 8.04. The lowest BCUT2D eigenvalue weighted by atomic mass is 9.97. The number of benzene rings is 1. The van der Waals surface area contributed by atoms with Crippen LogP contribution in [0.2, 0.25) is 0 Å². The topological polar surface area (TPSA) is 110 Å². The van der Waals surface area contributed by atoms with Crippen LogP contribution in [0.4, 0.5) is 11.6 Å². The van der Waals surface area contributed by atoms with E-state index in [0.717, 1.165) is 33.2 Å². The van der Waals surface area contributed by atoms with E-state index in [9.17, 15) is 4.79 Å². The van der Waals surface area contributed by atoms with Gasteiger partial charge in [-0.15, -0.1) is 0 Å². The highest BCUT2D eigenvalue weighted by Gasteiger charge is 2.13. The predicted octanol–water partition coefficient (Wildman–Crippen LogP) is 3.23. The van der Waals surface area contributed by atoms with E-state index in [2.05, 4.69) is 31.5 Å². The summed E-state index contributed by atoms with van der Waals surface area (Å²) in [4.78, 5) is 19.5. The minimum atomic E-state index is -0.165. The summed E-state index contributed by atoms with van der Waals surface area (Å²) in [5.74, 6) is 0.774. The van der Waals surface area contributed by atoms with E-state index in [4.69, 9.17) is 5.73 Å². The first-order chi connectivity index (χ1) is 12.6. The van der Waals surface area contributed by atoms with E-state index in [1.807, 2.05) is 30.3 Å². The van der Waals surface area contributed by atoms with Crippen molar-refractivity contribution in [1.82, 2.24) is 20.2 Å². The summed E-state index contributed by atoms with van der Waals surface area (Å²) in [6, 6.07) is 11.6. The maximum Gasteiger partial charge on any atom is 0.222 e. The number of anilines is 2. The zero-order chi connectivity index (χ0) is 18.1. The van der Waals surface area contributed by atoms with Crippen molar-refractivity contribution in [3.8, 4) is 22.3 Å². The summed E-state index contributed by atoms with van der Waals surface area (Å²) < 4.78 is 0. The van der Waals surface area contributed by atoms with E-state index in [-0.39, 0.29) is 5.91 Å². The minimum Gasteiger partial charge on any atom is -0.382 e. The van der Waals surface area contributed by atoms with Gasteiger partial charge in [-0.1, -0.05) is 0 Å². The zero-order valence-electron chi connectivity index (χ0n) is 14.0. The maximum atomic E-state index is 11.3.